The van der Waals surface area contributed by atoms with E-state index in [1.54, 1.807) is 35.4 Å². The lowest BCUT2D eigenvalue weighted by atomic mass is 10.3. The molecule has 0 spiro atoms. The zero-order valence-corrected chi connectivity index (χ0v) is 11.4. The van der Waals surface area contributed by atoms with E-state index >= 15 is 0 Å². The van der Waals surface area contributed by atoms with Gasteiger partial charge in [-0.1, -0.05) is 30.0 Å². The number of rotatable bonds is 4. The molecule has 0 aliphatic rings. The topological polar surface area (TPSA) is 62.5 Å². The van der Waals surface area contributed by atoms with Gasteiger partial charge < -0.3 is 0 Å². The largest absolute Gasteiger partial charge is 0.248 e. The first kappa shape index (κ1) is 12.4. The Balaban J connectivity index is 2.06. The van der Waals surface area contributed by atoms with E-state index in [1.165, 1.54) is 11.8 Å². The Morgan fingerprint density at radius 2 is 2.18 bits per heavy atom. The number of nitrogens with zero attached hydrogens (tertiary/aromatic N) is 4. The van der Waals surface area contributed by atoms with Gasteiger partial charge in [0.05, 0.1) is 5.56 Å². The Morgan fingerprint density at radius 3 is 2.82 bits per heavy atom. The minimum absolute atomic E-state index is 0.564. The van der Waals surface area contributed by atoms with Crippen LogP contribution in [-0.2, 0) is 0 Å². The molecule has 0 N–H and O–H groups in total. The van der Waals surface area contributed by atoms with Crippen molar-refractivity contribution >= 4 is 34.9 Å². The highest BCUT2D eigenvalue weighted by Crippen LogP contribution is 2.32. The molecule has 0 saturated carbocycles. The van der Waals surface area contributed by atoms with Gasteiger partial charge in [-0.25, -0.2) is 4.98 Å². The standard InChI is InChI=1S/C10H8N4S3/c1-2-15-9-13-14-10(17-9)16-8-4-3-7(5-11)6-12-8/h3-4,6H,2H2,1H3. The van der Waals surface area contributed by atoms with Gasteiger partial charge in [0.25, 0.3) is 0 Å². The average Bonchev–Trinajstić information content (AvgIpc) is 2.78. The van der Waals surface area contributed by atoms with Crippen molar-refractivity contribution < 1.29 is 0 Å². The number of nitriles is 1. The predicted octanol–water partition coefficient (Wildman–Crippen LogP) is 3.07. The minimum Gasteiger partial charge on any atom is -0.248 e. The number of hydrogen-bond acceptors (Lipinski definition) is 7. The molecule has 0 fully saturated rings. The molecule has 7 heteroatoms. The first-order valence-corrected chi connectivity index (χ1v) is 7.44. The van der Waals surface area contributed by atoms with Gasteiger partial charge >= 0.3 is 0 Å². The smallest absolute Gasteiger partial charge is 0.181 e. The van der Waals surface area contributed by atoms with Crippen molar-refractivity contribution in [2.24, 2.45) is 0 Å². The maximum Gasteiger partial charge on any atom is 0.181 e. The highest BCUT2D eigenvalue weighted by Gasteiger charge is 2.06. The molecule has 2 rings (SSSR count). The molecule has 0 aliphatic heterocycles. The molecule has 0 radical (unpaired) electrons. The Labute approximate surface area is 111 Å². The number of thioether (sulfide) groups is 1. The van der Waals surface area contributed by atoms with Crippen LogP contribution in [-0.4, -0.2) is 20.9 Å². The summed E-state index contributed by atoms with van der Waals surface area (Å²) in [6.45, 7) is 2.08. The molecule has 17 heavy (non-hydrogen) atoms. The van der Waals surface area contributed by atoms with E-state index in [9.17, 15) is 0 Å². The van der Waals surface area contributed by atoms with Crippen molar-refractivity contribution in [2.75, 3.05) is 5.75 Å². The highest BCUT2D eigenvalue weighted by atomic mass is 32.2. The van der Waals surface area contributed by atoms with Crippen molar-refractivity contribution in [1.82, 2.24) is 15.2 Å². The molecule has 0 aromatic carbocycles. The average molecular weight is 280 g/mol. The van der Waals surface area contributed by atoms with Crippen LogP contribution in [0.1, 0.15) is 12.5 Å². The van der Waals surface area contributed by atoms with Crippen molar-refractivity contribution in [3.05, 3.63) is 23.9 Å². The Bertz CT molecular complexity index is 529. The lowest BCUT2D eigenvalue weighted by Gasteiger charge is -1.94. The van der Waals surface area contributed by atoms with Crippen LogP contribution in [0.3, 0.4) is 0 Å². The minimum atomic E-state index is 0.564. The maximum absolute atomic E-state index is 8.66. The van der Waals surface area contributed by atoms with Gasteiger partial charge in [-0.3, -0.25) is 0 Å². The molecular formula is C10H8N4S3. The summed E-state index contributed by atoms with van der Waals surface area (Å²) in [6.07, 6.45) is 1.56. The zero-order valence-electron chi connectivity index (χ0n) is 8.95. The van der Waals surface area contributed by atoms with Crippen LogP contribution >= 0.6 is 34.9 Å². The van der Waals surface area contributed by atoms with Crippen LogP contribution in [0.25, 0.3) is 0 Å². The number of pyridine rings is 1. The fourth-order valence-electron chi connectivity index (χ4n) is 1.02. The summed E-state index contributed by atoms with van der Waals surface area (Å²) in [5.74, 6) is 0.994. The first-order valence-electron chi connectivity index (χ1n) is 4.82. The fourth-order valence-corrected chi connectivity index (χ4v) is 3.82. The third kappa shape index (κ3) is 3.43. The van der Waals surface area contributed by atoms with Gasteiger partial charge in [0.1, 0.15) is 11.1 Å². The number of hydrogen-bond donors (Lipinski definition) is 0. The normalized spacial score (nSPS) is 10.1. The van der Waals surface area contributed by atoms with Crippen molar-refractivity contribution in [3.63, 3.8) is 0 Å². The Kier molecular flexibility index (Phi) is 4.36. The summed E-state index contributed by atoms with van der Waals surface area (Å²) < 4.78 is 1.85. The van der Waals surface area contributed by atoms with E-state index in [-0.39, 0.29) is 0 Å². The fraction of sp³-hybridized carbons (Fsp3) is 0.200. The lowest BCUT2D eigenvalue weighted by molar-refractivity contribution is 0.952. The summed E-state index contributed by atoms with van der Waals surface area (Å²) >= 11 is 4.71. The third-order valence-electron chi connectivity index (χ3n) is 1.71. The van der Waals surface area contributed by atoms with Crippen LogP contribution < -0.4 is 0 Å². The molecule has 2 aromatic heterocycles. The summed E-state index contributed by atoms with van der Waals surface area (Å²) in [7, 11) is 0. The molecular weight excluding hydrogens is 272 g/mol. The van der Waals surface area contributed by atoms with E-state index in [1.807, 2.05) is 12.1 Å². The third-order valence-corrected chi connectivity index (χ3v) is 4.65. The van der Waals surface area contributed by atoms with Crippen molar-refractivity contribution in [2.45, 2.75) is 20.6 Å². The van der Waals surface area contributed by atoms with Crippen LogP contribution in [0.15, 0.2) is 32.0 Å². The van der Waals surface area contributed by atoms with Gasteiger partial charge in [-0.05, 0) is 29.6 Å². The number of aromatic nitrogens is 3. The second kappa shape index (κ2) is 6.00. The van der Waals surface area contributed by atoms with Crippen molar-refractivity contribution in [1.29, 1.82) is 5.26 Å². The van der Waals surface area contributed by atoms with E-state index in [2.05, 4.69) is 22.1 Å². The van der Waals surface area contributed by atoms with Gasteiger partial charge in [-0.15, -0.1) is 10.2 Å². The van der Waals surface area contributed by atoms with E-state index in [0.717, 1.165) is 19.5 Å². The molecule has 0 unspecified atom stereocenters. The quantitative estimate of drug-likeness (QED) is 0.802. The highest BCUT2D eigenvalue weighted by molar-refractivity contribution is 8.03. The summed E-state index contributed by atoms with van der Waals surface area (Å²) in [6, 6.07) is 5.60. The lowest BCUT2D eigenvalue weighted by Crippen LogP contribution is -1.81. The van der Waals surface area contributed by atoms with Gasteiger partial charge in [0.15, 0.2) is 8.68 Å². The van der Waals surface area contributed by atoms with Crippen molar-refractivity contribution in [3.8, 4) is 6.07 Å². The maximum atomic E-state index is 8.66. The molecule has 0 atom stereocenters. The molecule has 2 heterocycles. The Hall–Kier alpha value is -1.10. The molecule has 4 nitrogen and oxygen atoms in total. The molecule has 0 aliphatic carbocycles. The SMILES string of the molecule is CCSc1nnc(Sc2ccc(C#N)cn2)s1. The molecule has 0 bridgehead atoms. The Morgan fingerprint density at radius 1 is 1.35 bits per heavy atom. The molecule has 0 amide bonds. The van der Waals surface area contributed by atoms with E-state index < -0.39 is 0 Å². The van der Waals surface area contributed by atoms with Gasteiger partial charge in [-0.2, -0.15) is 5.26 Å². The van der Waals surface area contributed by atoms with Gasteiger partial charge in [0.2, 0.25) is 0 Å². The second-order valence-corrected chi connectivity index (χ2v) is 6.62. The molecule has 86 valence electrons. The summed E-state index contributed by atoms with van der Waals surface area (Å²) in [5, 5.41) is 17.6. The zero-order chi connectivity index (χ0) is 12.1. The summed E-state index contributed by atoms with van der Waals surface area (Å²) in [5.41, 5.74) is 0.564. The predicted molar refractivity (Wildman–Crippen MR) is 69.4 cm³/mol. The van der Waals surface area contributed by atoms with Gasteiger partial charge in [0, 0.05) is 6.20 Å². The second-order valence-electron chi connectivity index (χ2n) is 2.87. The van der Waals surface area contributed by atoms with E-state index in [0.29, 0.717) is 5.56 Å². The van der Waals surface area contributed by atoms with Crippen LogP contribution in [0.5, 0.6) is 0 Å². The van der Waals surface area contributed by atoms with E-state index in [4.69, 9.17) is 5.26 Å². The summed E-state index contributed by atoms with van der Waals surface area (Å²) in [4.78, 5) is 4.17. The van der Waals surface area contributed by atoms with Crippen LogP contribution in [0, 0.1) is 11.3 Å². The van der Waals surface area contributed by atoms with Crippen LogP contribution in [0.4, 0.5) is 0 Å². The first-order chi connectivity index (χ1) is 8.31. The monoisotopic (exact) mass is 280 g/mol. The molecule has 2 aromatic rings. The molecule has 0 saturated heterocycles. The van der Waals surface area contributed by atoms with Crippen LogP contribution in [0.2, 0.25) is 0 Å².